The lowest BCUT2D eigenvalue weighted by Gasteiger charge is -2.35. The normalized spacial score (nSPS) is 29.3. The first-order valence-corrected chi connectivity index (χ1v) is 3.92. The van der Waals surface area contributed by atoms with Gasteiger partial charge in [0, 0.05) is 0 Å². The van der Waals surface area contributed by atoms with Gasteiger partial charge in [-0.05, 0) is 13.8 Å². The molecule has 0 atom stereocenters. The summed E-state index contributed by atoms with van der Waals surface area (Å²) in [5.74, 6) is 0. The molecule has 0 aliphatic carbocycles. The molecule has 1 heterocycles. The highest BCUT2D eigenvalue weighted by Crippen LogP contribution is 2.37. The van der Waals surface area contributed by atoms with Crippen molar-refractivity contribution in [2.75, 3.05) is 0 Å². The Balaban J connectivity index is 3.00. The largest absolute Gasteiger partial charge is 0.296 e. The molecule has 0 aromatic rings. The second kappa shape index (κ2) is 1.38. The second-order valence-corrected chi connectivity index (χ2v) is 4.04. The Labute approximate surface area is 54.5 Å². The van der Waals surface area contributed by atoms with Gasteiger partial charge in [-0.2, -0.15) is 8.42 Å². The van der Waals surface area contributed by atoms with Crippen molar-refractivity contribution in [3.8, 4) is 0 Å². The third-order valence-electron chi connectivity index (χ3n) is 1.29. The summed E-state index contributed by atoms with van der Waals surface area (Å²) >= 11 is 0. The highest BCUT2D eigenvalue weighted by molar-refractivity contribution is 7.92. The van der Waals surface area contributed by atoms with Crippen LogP contribution in [0.15, 0.2) is 11.5 Å². The van der Waals surface area contributed by atoms with Crippen LogP contribution in [0.5, 0.6) is 0 Å². The summed E-state index contributed by atoms with van der Waals surface area (Å²) in [5, 5.41) is 0. The summed E-state index contributed by atoms with van der Waals surface area (Å²) in [7, 11) is -3.36. The molecule has 52 valence electrons. The number of hydrogen-bond acceptors (Lipinski definition) is 3. The summed E-state index contributed by atoms with van der Waals surface area (Å²) in [5.41, 5.74) is -0.668. The minimum atomic E-state index is -3.36. The Morgan fingerprint density at radius 3 is 2.00 bits per heavy atom. The molecule has 9 heavy (non-hydrogen) atoms. The predicted molar refractivity (Wildman–Crippen MR) is 33.2 cm³/mol. The second-order valence-electron chi connectivity index (χ2n) is 2.47. The zero-order valence-electron chi connectivity index (χ0n) is 5.34. The topological polar surface area (TPSA) is 43.4 Å². The smallest absolute Gasteiger partial charge is 0.255 e. The lowest BCUT2D eigenvalue weighted by molar-refractivity contribution is 0.126. The average Bonchev–Trinajstić information content (AvgIpc) is 1.63. The molecule has 0 saturated carbocycles. The van der Waals surface area contributed by atoms with Gasteiger partial charge in [0.15, 0.2) is 0 Å². The standard InChI is InChI=1S/C5H8O3S/c1-4-5(2,3)8-9(4,6)7/h1H2,2-3H3. The van der Waals surface area contributed by atoms with E-state index in [1.165, 1.54) is 0 Å². The van der Waals surface area contributed by atoms with E-state index in [0.717, 1.165) is 0 Å². The van der Waals surface area contributed by atoms with Gasteiger partial charge in [-0.15, -0.1) is 0 Å². The molecule has 1 aliphatic rings. The molecule has 0 bridgehead atoms. The minimum Gasteiger partial charge on any atom is -0.255 e. The van der Waals surface area contributed by atoms with Crippen LogP contribution >= 0.6 is 0 Å². The third kappa shape index (κ3) is 0.784. The van der Waals surface area contributed by atoms with Crippen LogP contribution in [-0.4, -0.2) is 14.0 Å². The molecule has 3 nitrogen and oxygen atoms in total. The van der Waals surface area contributed by atoms with Gasteiger partial charge in [0.2, 0.25) is 0 Å². The summed E-state index contributed by atoms with van der Waals surface area (Å²) in [6.07, 6.45) is 0. The van der Waals surface area contributed by atoms with E-state index in [0.29, 0.717) is 0 Å². The molecular formula is C5H8O3S. The first-order valence-electron chi connectivity index (χ1n) is 2.51. The SMILES string of the molecule is C=C1C(C)(C)OS1(=O)=O. The van der Waals surface area contributed by atoms with Gasteiger partial charge >= 0.3 is 0 Å². The lowest BCUT2D eigenvalue weighted by Crippen LogP contribution is -2.44. The quantitative estimate of drug-likeness (QED) is 0.473. The Kier molecular flexibility index (Phi) is 1.04. The molecular weight excluding hydrogens is 140 g/mol. The molecule has 0 aromatic heterocycles. The Morgan fingerprint density at radius 2 is 2.00 bits per heavy atom. The van der Waals surface area contributed by atoms with Crippen LogP contribution in [0.2, 0.25) is 0 Å². The molecule has 1 saturated heterocycles. The van der Waals surface area contributed by atoms with Crippen LogP contribution in [-0.2, 0) is 14.3 Å². The van der Waals surface area contributed by atoms with Crippen molar-refractivity contribution in [1.29, 1.82) is 0 Å². The fourth-order valence-electron chi connectivity index (χ4n) is 0.638. The summed E-state index contributed by atoms with van der Waals surface area (Å²) < 4.78 is 25.5. The van der Waals surface area contributed by atoms with Crippen molar-refractivity contribution in [2.45, 2.75) is 19.4 Å². The summed E-state index contributed by atoms with van der Waals surface area (Å²) in [6, 6.07) is 0. The summed E-state index contributed by atoms with van der Waals surface area (Å²) in [6.45, 7) is 6.68. The van der Waals surface area contributed by atoms with Crippen LogP contribution in [0.1, 0.15) is 13.8 Å². The van der Waals surface area contributed by atoms with Crippen molar-refractivity contribution in [3.63, 3.8) is 0 Å². The highest BCUT2D eigenvalue weighted by Gasteiger charge is 2.47. The zero-order chi connectivity index (χ0) is 7.28. The Bertz CT molecular complexity index is 247. The lowest BCUT2D eigenvalue weighted by atomic mass is 10.1. The van der Waals surface area contributed by atoms with Gasteiger partial charge in [-0.25, -0.2) is 0 Å². The summed E-state index contributed by atoms with van der Waals surface area (Å²) in [4.78, 5) is 0.162. The van der Waals surface area contributed by atoms with Crippen LogP contribution in [0.25, 0.3) is 0 Å². The van der Waals surface area contributed by atoms with Crippen molar-refractivity contribution in [2.24, 2.45) is 0 Å². The van der Waals surface area contributed by atoms with Gasteiger partial charge in [-0.3, -0.25) is 4.18 Å². The van der Waals surface area contributed by atoms with E-state index in [2.05, 4.69) is 10.8 Å². The maximum absolute atomic E-state index is 10.5. The maximum Gasteiger partial charge on any atom is 0.296 e. The van der Waals surface area contributed by atoms with Gasteiger partial charge in [0.1, 0.15) is 5.60 Å². The van der Waals surface area contributed by atoms with Crippen molar-refractivity contribution in [1.82, 2.24) is 0 Å². The highest BCUT2D eigenvalue weighted by atomic mass is 32.2. The first kappa shape index (κ1) is 6.77. The van der Waals surface area contributed by atoms with E-state index in [-0.39, 0.29) is 4.91 Å². The van der Waals surface area contributed by atoms with E-state index in [1.54, 1.807) is 13.8 Å². The molecule has 1 rings (SSSR count). The van der Waals surface area contributed by atoms with Gasteiger partial charge in [0.05, 0.1) is 4.91 Å². The minimum absolute atomic E-state index is 0.162. The van der Waals surface area contributed by atoms with Crippen LogP contribution in [0.4, 0.5) is 0 Å². The maximum atomic E-state index is 10.5. The van der Waals surface area contributed by atoms with Crippen LogP contribution < -0.4 is 0 Å². The average molecular weight is 148 g/mol. The fourth-order valence-corrected chi connectivity index (χ4v) is 1.91. The van der Waals surface area contributed by atoms with Crippen LogP contribution in [0, 0.1) is 0 Å². The van der Waals surface area contributed by atoms with E-state index in [1.807, 2.05) is 0 Å². The molecule has 4 heteroatoms. The number of rotatable bonds is 0. The molecule has 0 radical (unpaired) electrons. The first-order chi connectivity index (χ1) is 3.86. The predicted octanol–water partition coefficient (Wildman–Crippen LogP) is 0.639. The van der Waals surface area contributed by atoms with Crippen molar-refractivity contribution >= 4 is 10.1 Å². The zero-order valence-corrected chi connectivity index (χ0v) is 6.16. The van der Waals surface area contributed by atoms with Gasteiger partial charge < -0.3 is 0 Å². The van der Waals surface area contributed by atoms with Gasteiger partial charge in [0.25, 0.3) is 10.1 Å². The third-order valence-corrected chi connectivity index (χ3v) is 3.02. The van der Waals surface area contributed by atoms with E-state index >= 15 is 0 Å². The van der Waals surface area contributed by atoms with E-state index in [9.17, 15) is 8.42 Å². The van der Waals surface area contributed by atoms with E-state index in [4.69, 9.17) is 0 Å². The fraction of sp³-hybridized carbons (Fsp3) is 0.600. The van der Waals surface area contributed by atoms with E-state index < -0.39 is 15.7 Å². The molecule has 1 fully saturated rings. The van der Waals surface area contributed by atoms with Crippen molar-refractivity contribution in [3.05, 3.63) is 11.5 Å². The van der Waals surface area contributed by atoms with Crippen LogP contribution in [0.3, 0.4) is 0 Å². The monoisotopic (exact) mass is 148 g/mol. The Hall–Kier alpha value is -0.350. The molecule has 0 unspecified atom stereocenters. The van der Waals surface area contributed by atoms with Crippen molar-refractivity contribution < 1.29 is 12.6 Å². The molecule has 0 amide bonds. The molecule has 1 aliphatic heterocycles. The molecule has 0 N–H and O–H groups in total. The van der Waals surface area contributed by atoms with Gasteiger partial charge in [-0.1, -0.05) is 6.58 Å². The number of hydrogen-bond donors (Lipinski definition) is 0. The Morgan fingerprint density at radius 1 is 1.56 bits per heavy atom. The molecule has 0 aromatic carbocycles. The molecule has 0 spiro atoms.